The largest absolute Gasteiger partial charge is 2.00 e. The van der Waals surface area contributed by atoms with Crippen molar-refractivity contribution in [1.29, 1.82) is 0 Å². The molecule has 0 fully saturated rings. The Labute approximate surface area is 110 Å². The van der Waals surface area contributed by atoms with E-state index >= 15 is 0 Å². The van der Waals surface area contributed by atoms with Gasteiger partial charge >= 0.3 is 43.1 Å². The van der Waals surface area contributed by atoms with Crippen LogP contribution in [-0.4, -0.2) is 43.1 Å². The molecule has 0 aromatic heterocycles. The summed E-state index contributed by atoms with van der Waals surface area (Å²) < 4.78 is 0. The van der Waals surface area contributed by atoms with Crippen molar-refractivity contribution in [2.24, 2.45) is 0 Å². The molecule has 0 saturated heterocycles. The van der Waals surface area contributed by atoms with Crippen molar-refractivity contribution in [1.82, 2.24) is 0 Å². The van der Waals surface area contributed by atoms with Gasteiger partial charge in [-0.2, -0.15) is 0 Å². The molecule has 0 unspecified atom stereocenters. The van der Waals surface area contributed by atoms with Crippen LogP contribution in [0.1, 0.15) is 0 Å². The van der Waals surface area contributed by atoms with Gasteiger partial charge in [-0.25, -0.2) is 0 Å². The molecular weight excluding hydrogens is 281 g/mol. The molecule has 0 aliphatic rings. The van der Waals surface area contributed by atoms with Gasteiger partial charge in [-0.15, -0.1) is 44.3 Å². The number of hydrogen-bond acceptors (Lipinski definition) is 0. The molecule has 0 aliphatic heterocycles. The second-order valence-electron chi connectivity index (χ2n) is 0.429. The van der Waals surface area contributed by atoms with Crippen LogP contribution in [0.15, 0.2) is 0 Å². The summed E-state index contributed by atoms with van der Waals surface area (Å²) in [7, 11) is 0. The summed E-state index contributed by atoms with van der Waals surface area (Å²) in [5, 5.41) is -2.72. The number of halogens is 6. The van der Waals surface area contributed by atoms with Gasteiger partial charge in [-0.05, 0) is 0 Å². The molecule has 0 aliphatic carbocycles. The minimum Gasteiger partial charge on any atom is -1.00 e. The van der Waals surface area contributed by atoms with Crippen LogP contribution >= 0.6 is 44.3 Å². The molecule has 48 valence electrons. The molecule has 0 spiro atoms. The monoisotopic (exact) mass is 278 g/mol. The van der Waals surface area contributed by atoms with E-state index in [0.717, 1.165) is 0 Å². The Morgan fingerprint density at radius 1 is 0.750 bits per heavy atom. The van der Waals surface area contributed by atoms with E-state index in [2.05, 4.69) is 0 Å². The van der Waals surface area contributed by atoms with Crippen molar-refractivity contribution in [3.05, 3.63) is 0 Å². The summed E-state index contributed by atoms with van der Waals surface area (Å²) >= 11 is 19.9. The quantitative estimate of drug-likeness (QED) is 0.314. The summed E-state index contributed by atoms with van der Waals surface area (Å²) in [5.41, 5.74) is 0. The van der Waals surface area contributed by atoms with Gasteiger partial charge in [-0.3, -0.25) is 0 Å². The second-order valence-corrected chi connectivity index (χ2v) is 11.6. The first-order chi connectivity index (χ1) is 2.00. The van der Waals surface area contributed by atoms with Crippen molar-refractivity contribution in [2.75, 3.05) is 0 Å². The molecule has 0 saturated carbocycles. The van der Waals surface area contributed by atoms with E-state index in [1.807, 2.05) is 0 Å². The van der Waals surface area contributed by atoms with E-state index in [0.29, 0.717) is 0 Å². The third-order valence-electron chi connectivity index (χ3n) is 0. The SMILES string of the molecule is Cl[Si](Cl)(Cl)Cl.[Ca+2].[Cl-].[Cl-]. The molecule has 0 atom stereocenters. The van der Waals surface area contributed by atoms with Crippen LogP contribution in [0.25, 0.3) is 0 Å². The van der Waals surface area contributed by atoms with Crippen molar-refractivity contribution < 1.29 is 24.8 Å². The van der Waals surface area contributed by atoms with Crippen molar-refractivity contribution in [2.45, 2.75) is 0 Å². The first-order valence-electron chi connectivity index (χ1n) is 0.756. The normalized spacial score (nSPS) is 7.50. The molecule has 0 rings (SSSR count). The van der Waals surface area contributed by atoms with E-state index in [4.69, 9.17) is 44.3 Å². The fourth-order valence-corrected chi connectivity index (χ4v) is 0. The van der Waals surface area contributed by atoms with Crippen LogP contribution in [0.3, 0.4) is 0 Å². The van der Waals surface area contributed by atoms with E-state index in [9.17, 15) is 0 Å². The summed E-state index contributed by atoms with van der Waals surface area (Å²) in [6.45, 7) is 0. The van der Waals surface area contributed by atoms with Crippen LogP contribution in [0, 0.1) is 0 Å². The maximum absolute atomic E-state index is 4.97. The van der Waals surface area contributed by atoms with Gasteiger partial charge in [0.2, 0.25) is 0 Å². The standard InChI is InChI=1S/Ca.Cl4Si.2ClH/c;1-5(2,3)4;;/h;;2*1H/q+2;;;/p-2. The van der Waals surface area contributed by atoms with Gasteiger partial charge in [0.1, 0.15) is 0 Å². The van der Waals surface area contributed by atoms with Crippen LogP contribution in [0.5, 0.6) is 0 Å². The van der Waals surface area contributed by atoms with E-state index < -0.39 is 5.31 Å². The Bertz CT molecular complexity index is 24.0. The first kappa shape index (κ1) is 22.5. The summed E-state index contributed by atoms with van der Waals surface area (Å²) in [6.07, 6.45) is 0. The van der Waals surface area contributed by atoms with E-state index in [1.54, 1.807) is 0 Å². The molecule has 0 amide bonds. The number of rotatable bonds is 0. The molecular formula is CaCl6Si. The van der Waals surface area contributed by atoms with Crippen LogP contribution in [0.4, 0.5) is 0 Å². The fraction of sp³-hybridized carbons (Fsp3) is 0. The van der Waals surface area contributed by atoms with Crippen LogP contribution < -0.4 is 24.8 Å². The topological polar surface area (TPSA) is 0 Å². The zero-order chi connectivity index (χ0) is 4.50. The maximum atomic E-state index is 4.97. The summed E-state index contributed by atoms with van der Waals surface area (Å²) in [4.78, 5) is 0. The Kier molecular flexibility index (Phi) is 28.7. The third-order valence-corrected chi connectivity index (χ3v) is 0. The minimum atomic E-state index is -2.72. The predicted octanol–water partition coefficient (Wildman–Crippen LogP) is -4.00. The molecule has 0 aromatic rings. The van der Waals surface area contributed by atoms with Crippen LogP contribution in [-0.2, 0) is 0 Å². The zero-order valence-electron chi connectivity index (χ0n) is 3.47. The summed E-state index contributed by atoms with van der Waals surface area (Å²) in [6, 6.07) is 0. The van der Waals surface area contributed by atoms with Crippen molar-refractivity contribution in [3.63, 3.8) is 0 Å². The average molecular weight is 281 g/mol. The molecule has 0 aromatic carbocycles. The van der Waals surface area contributed by atoms with Gasteiger partial charge in [0.15, 0.2) is 0 Å². The molecule has 8 heavy (non-hydrogen) atoms. The minimum absolute atomic E-state index is 0. The molecule has 0 heterocycles. The van der Waals surface area contributed by atoms with E-state index in [1.165, 1.54) is 0 Å². The van der Waals surface area contributed by atoms with Gasteiger partial charge in [0.05, 0.1) is 0 Å². The van der Waals surface area contributed by atoms with Gasteiger partial charge < -0.3 is 24.8 Å². The second kappa shape index (κ2) is 10.2. The zero-order valence-corrected chi connectivity index (χ0v) is 11.2. The fourth-order valence-electron chi connectivity index (χ4n) is 0. The maximum Gasteiger partial charge on any atom is 2.00 e. The van der Waals surface area contributed by atoms with Crippen molar-refractivity contribution >= 4 is 87.4 Å². The Morgan fingerprint density at radius 2 is 0.750 bits per heavy atom. The molecule has 8 heteroatoms. The van der Waals surface area contributed by atoms with E-state index in [-0.39, 0.29) is 62.6 Å². The Hall–Kier alpha value is 3.22. The molecule has 0 radical (unpaired) electrons. The van der Waals surface area contributed by atoms with Gasteiger partial charge in [-0.1, -0.05) is 0 Å². The summed E-state index contributed by atoms with van der Waals surface area (Å²) in [5.74, 6) is 0. The number of hydrogen-bond donors (Lipinski definition) is 0. The third kappa shape index (κ3) is 60.1. The van der Waals surface area contributed by atoms with Gasteiger partial charge in [0.25, 0.3) is 0 Å². The average Bonchev–Trinajstić information content (AvgIpc) is 0.722. The van der Waals surface area contributed by atoms with Crippen molar-refractivity contribution in [3.8, 4) is 0 Å². The van der Waals surface area contributed by atoms with Crippen LogP contribution in [0.2, 0.25) is 0 Å². The predicted molar refractivity (Wildman–Crippen MR) is 34.9 cm³/mol. The Morgan fingerprint density at radius 3 is 0.750 bits per heavy atom. The smallest absolute Gasteiger partial charge is 1.00 e. The van der Waals surface area contributed by atoms with Gasteiger partial charge in [0, 0.05) is 0 Å². The molecule has 0 nitrogen and oxygen atoms in total. The molecule has 0 N–H and O–H groups in total. The molecule has 0 bridgehead atoms. The Balaban J connectivity index is -0.0000000267. The first-order valence-corrected chi connectivity index (χ1v) is 6.80.